The average molecular weight is 681 g/mol. The van der Waals surface area contributed by atoms with Crippen LogP contribution in [-0.4, -0.2) is 4.70 Å². The van der Waals surface area contributed by atoms with E-state index in [1.54, 1.807) is 11.1 Å². The molecule has 2 aromatic carbocycles. The molecule has 0 spiro atoms. The molecule has 2 heteroatoms. The summed E-state index contributed by atoms with van der Waals surface area (Å²) in [7, 11) is 0. The second-order valence-corrected chi connectivity index (χ2v) is 15.4. The first-order valence-corrected chi connectivity index (χ1v) is 21.7. The maximum Gasteiger partial charge on any atom is 0.207 e. The van der Waals surface area contributed by atoms with Gasteiger partial charge in [-0.05, 0) is 135 Å². The van der Waals surface area contributed by atoms with Crippen LogP contribution < -0.4 is 0 Å². The molecule has 0 saturated heterocycles. The Morgan fingerprint density at radius 1 is 0.360 bits per heavy atom. The smallest absolute Gasteiger partial charge is 0.207 e. The van der Waals surface area contributed by atoms with E-state index < -0.39 is 0 Å². The van der Waals surface area contributed by atoms with Gasteiger partial charge >= 0.3 is 0 Å². The van der Waals surface area contributed by atoms with Crippen LogP contribution in [-0.2, 0) is 38.5 Å². The number of allylic oxidation sites excluding steroid dienone is 2. The van der Waals surface area contributed by atoms with Gasteiger partial charge in [0.15, 0.2) is 0 Å². The SMILES string of the molecule is CCCCCCc1c(CCCCC)cc(C2=CC=C(c3cc(CCCCC)c(CCCCCC)c(CCCCC)c3)[N+]2=[N-])cc1CCCCC. The molecule has 0 aliphatic carbocycles. The van der Waals surface area contributed by atoms with Gasteiger partial charge in [0.2, 0.25) is 11.4 Å². The van der Waals surface area contributed by atoms with Crippen molar-refractivity contribution in [3.05, 3.63) is 86.5 Å². The van der Waals surface area contributed by atoms with Crippen molar-refractivity contribution in [2.75, 3.05) is 0 Å². The number of rotatable bonds is 28. The fraction of sp³-hybridized carbons (Fsp3) is 0.667. The second-order valence-electron chi connectivity index (χ2n) is 15.4. The molecular formula is C48H76N2. The monoisotopic (exact) mass is 681 g/mol. The third kappa shape index (κ3) is 13.2. The molecule has 0 amide bonds. The number of benzene rings is 2. The lowest BCUT2D eigenvalue weighted by Gasteiger charge is -2.20. The molecule has 0 aromatic heterocycles. The van der Waals surface area contributed by atoms with Crippen LogP contribution in [0.3, 0.4) is 0 Å². The molecule has 0 radical (unpaired) electrons. The highest BCUT2D eigenvalue weighted by atomic mass is 15.2. The molecule has 1 heterocycles. The number of hydrogen-bond acceptors (Lipinski definition) is 0. The van der Waals surface area contributed by atoms with E-state index in [0.717, 1.165) is 37.1 Å². The highest BCUT2D eigenvalue weighted by Gasteiger charge is 2.26. The van der Waals surface area contributed by atoms with Gasteiger partial charge < -0.3 is 5.53 Å². The van der Waals surface area contributed by atoms with Crippen LogP contribution in [0.25, 0.3) is 16.9 Å². The maximum absolute atomic E-state index is 12.0. The third-order valence-electron chi connectivity index (χ3n) is 11.1. The Morgan fingerprint density at radius 2 is 0.620 bits per heavy atom. The van der Waals surface area contributed by atoms with E-state index in [-0.39, 0.29) is 0 Å². The van der Waals surface area contributed by atoms with Gasteiger partial charge in [-0.1, -0.05) is 131 Å². The first-order valence-electron chi connectivity index (χ1n) is 21.7. The van der Waals surface area contributed by atoms with E-state index in [9.17, 15) is 5.53 Å². The zero-order chi connectivity index (χ0) is 36.0. The van der Waals surface area contributed by atoms with Gasteiger partial charge in [-0.15, -0.1) is 0 Å². The van der Waals surface area contributed by atoms with Gasteiger partial charge in [0, 0.05) is 23.3 Å². The van der Waals surface area contributed by atoms with Crippen molar-refractivity contribution in [2.45, 2.75) is 208 Å². The van der Waals surface area contributed by atoms with Crippen molar-refractivity contribution in [1.29, 1.82) is 0 Å². The van der Waals surface area contributed by atoms with Gasteiger partial charge in [0.05, 0.1) is 0 Å². The fourth-order valence-electron chi connectivity index (χ4n) is 8.01. The molecule has 0 bridgehead atoms. The van der Waals surface area contributed by atoms with Gasteiger partial charge in [0.25, 0.3) is 0 Å². The molecule has 0 atom stereocenters. The molecule has 0 unspecified atom stereocenters. The van der Waals surface area contributed by atoms with E-state index in [0.29, 0.717) is 0 Å². The van der Waals surface area contributed by atoms with Crippen molar-refractivity contribution < 1.29 is 4.70 Å². The van der Waals surface area contributed by atoms with Crippen LogP contribution in [0.1, 0.15) is 214 Å². The maximum atomic E-state index is 12.0. The minimum Gasteiger partial charge on any atom is -0.493 e. The number of unbranched alkanes of at least 4 members (excludes halogenated alkanes) is 14. The van der Waals surface area contributed by atoms with E-state index in [1.807, 2.05) is 0 Å². The van der Waals surface area contributed by atoms with E-state index in [2.05, 4.69) is 78.0 Å². The molecule has 278 valence electrons. The highest BCUT2D eigenvalue weighted by molar-refractivity contribution is 5.76. The van der Waals surface area contributed by atoms with Crippen LogP contribution >= 0.6 is 0 Å². The Bertz CT molecular complexity index is 1180. The van der Waals surface area contributed by atoms with Crippen molar-refractivity contribution in [3.63, 3.8) is 0 Å². The van der Waals surface area contributed by atoms with E-state index >= 15 is 0 Å². The van der Waals surface area contributed by atoms with Crippen LogP contribution in [0.4, 0.5) is 0 Å². The molecule has 1 aliphatic rings. The summed E-state index contributed by atoms with van der Waals surface area (Å²) in [5.41, 5.74) is 25.6. The summed E-state index contributed by atoms with van der Waals surface area (Å²) in [6, 6.07) is 9.80. The molecule has 1 aliphatic heterocycles. The average Bonchev–Trinajstić information content (AvgIpc) is 3.51. The van der Waals surface area contributed by atoms with Crippen molar-refractivity contribution in [1.82, 2.24) is 0 Å². The minimum absolute atomic E-state index is 0.940. The Kier molecular flexibility index (Phi) is 20.7. The summed E-state index contributed by atoms with van der Waals surface area (Å²) in [5, 5.41) is 0. The molecule has 0 saturated carbocycles. The predicted octanol–water partition coefficient (Wildman–Crippen LogP) is 15.3. The summed E-state index contributed by atoms with van der Waals surface area (Å²) < 4.78 is 1.53. The van der Waals surface area contributed by atoms with Crippen molar-refractivity contribution in [3.8, 4) is 0 Å². The standard InChI is InChI=1S/C48H76N2/c1-7-13-19-25-31-45-39(27-21-15-9-3)35-43(36-40(45)28-22-16-10-4)47-33-34-48(50(47)49)44-37-41(29-23-17-11-5)46(32-26-20-14-8-2)42(38-44)30-24-18-12-6/h33-38H,7-32H2,1-6H3. The lowest BCUT2D eigenvalue weighted by Crippen LogP contribution is -2.09. The molecule has 2 nitrogen and oxygen atoms in total. The Hall–Kier alpha value is -2.48. The molecule has 2 aromatic rings. The Balaban J connectivity index is 2.01. The number of aryl methyl sites for hydroxylation is 4. The number of hydrogen-bond donors (Lipinski definition) is 0. The first-order chi connectivity index (χ1) is 24.5. The van der Waals surface area contributed by atoms with Gasteiger partial charge in [-0.2, -0.15) is 0 Å². The lowest BCUT2D eigenvalue weighted by atomic mass is 9.87. The molecule has 0 N–H and O–H groups in total. The Labute approximate surface area is 310 Å². The predicted molar refractivity (Wildman–Crippen MR) is 221 cm³/mol. The van der Waals surface area contributed by atoms with Gasteiger partial charge in [0.1, 0.15) is 0 Å². The van der Waals surface area contributed by atoms with E-state index in [4.69, 9.17) is 0 Å². The van der Waals surface area contributed by atoms with Crippen LogP contribution in [0, 0.1) is 0 Å². The quantitative estimate of drug-likeness (QED) is 0.0631. The van der Waals surface area contributed by atoms with Crippen molar-refractivity contribution >= 4 is 11.4 Å². The zero-order valence-electron chi connectivity index (χ0n) is 33.7. The minimum atomic E-state index is 0.940. The van der Waals surface area contributed by atoms with Crippen LogP contribution in [0.15, 0.2) is 36.4 Å². The topological polar surface area (TPSA) is 25.3 Å². The second kappa shape index (κ2) is 24.7. The molecular weight excluding hydrogens is 605 g/mol. The zero-order valence-corrected chi connectivity index (χ0v) is 33.7. The van der Waals surface area contributed by atoms with Crippen LogP contribution in [0.2, 0.25) is 0 Å². The fourth-order valence-corrected chi connectivity index (χ4v) is 8.01. The lowest BCUT2D eigenvalue weighted by molar-refractivity contribution is -0.344. The summed E-state index contributed by atoms with van der Waals surface area (Å²) in [6.07, 6.45) is 36.8. The summed E-state index contributed by atoms with van der Waals surface area (Å²) in [5.74, 6) is 0. The highest BCUT2D eigenvalue weighted by Crippen LogP contribution is 2.36. The van der Waals surface area contributed by atoms with Crippen LogP contribution in [0.5, 0.6) is 0 Å². The Morgan fingerprint density at radius 3 is 0.900 bits per heavy atom. The summed E-state index contributed by atoms with van der Waals surface area (Å²) >= 11 is 0. The van der Waals surface area contributed by atoms with Crippen molar-refractivity contribution in [2.24, 2.45) is 0 Å². The molecule has 50 heavy (non-hydrogen) atoms. The molecule has 3 rings (SSSR count). The normalized spacial score (nSPS) is 13.0. The summed E-state index contributed by atoms with van der Waals surface area (Å²) in [6.45, 7) is 13.8. The van der Waals surface area contributed by atoms with Gasteiger partial charge in [-0.25, -0.2) is 4.70 Å². The molecule has 0 fully saturated rings. The van der Waals surface area contributed by atoms with Gasteiger partial charge in [-0.3, -0.25) is 0 Å². The number of nitrogens with zero attached hydrogens (tertiary/aromatic N) is 2. The van der Waals surface area contributed by atoms with E-state index in [1.165, 1.54) is 179 Å². The first kappa shape index (κ1) is 41.9. The largest absolute Gasteiger partial charge is 0.493 e. The summed E-state index contributed by atoms with van der Waals surface area (Å²) in [4.78, 5) is 0. The third-order valence-corrected chi connectivity index (χ3v) is 11.1.